The number of piperidine rings is 1. The first kappa shape index (κ1) is 24.2. The minimum absolute atomic E-state index is 0.148. The number of hydrogen-bond donors (Lipinski definition) is 1. The highest BCUT2D eigenvalue weighted by Gasteiger charge is 2.32. The van der Waals surface area contributed by atoms with Crippen LogP contribution in [0.15, 0.2) is 41.3 Å². The molecule has 0 unspecified atom stereocenters. The molecule has 8 heteroatoms. The molecule has 0 aliphatic carbocycles. The van der Waals surface area contributed by atoms with Crippen LogP contribution in [0.25, 0.3) is 0 Å². The van der Waals surface area contributed by atoms with E-state index < -0.39 is 15.8 Å². The van der Waals surface area contributed by atoms with Gasteiger partial charge in [0.15, 0.2) is 0 Å². The smallest absolute Gasteiger partial charge is 0.243 e. The third-order valence-electron chi connectivity index (χ3n) is 6.31. The van der Waals surface area contributed by atoms with Crippen molar-refractivity contribution in [3.8, 4) is 0 Å². The van der Waals surface area contributed by atoms with Gasteiger partial charge in [0, 0.05) is 37.8 Å². The molecule has 1 N–H and O–H groups in total. The van der Waals surface area contributed by atoms with Crippen LogP contribution in [0, 0.1) is 25.6 Å². The Labute approximate surface area is 190 Å². The molecular weight excluding hydrogens is 429 g/mol. The fourth-order valence-corrected chi connectivity index (χ4v) is 5.33. The van der Waals surface area contributed by atoms with Gasteiger partial charge in [-0.3, -0.25) is 4.79 Å². The molecule has 0 saturated carbocycles. The van der Waals surface area contributed by atoms with Gasteiger partial charge in [0.2, 0.25) is 15.9 Å². The molecule has 0 aromatic heterocycles. The number of nitrogens with zero attached hydrogens (tertiary/aromatic N) is 2. The molecule has 6 nitrogen and oxygen atoms in total. The summed E-state index contributed by atoms with van der Waals surface area (Å²) >= 11 is 0. The summed E-state index contributed by atoms with van der Waals surface area (Å²) in [5, 5.41) is 2.78. The lowest BCUT2D eigenvalue weighted by atomic mass is 9.97. The predicted molar refractivity (Wildman–Crippen MR) is 126 cm³/mol. The van der Waals surface area contributed by atoms with Crippen LogP contribution in [0.1, 0.15) is 37.8 Å². The highest BCUT2D eigenvalue weighted by Crippen LogP contribution is 2.27. The SMILES string of the molecule is Cc1ccc(S(=O)(=O)N2CCC(C(=O)Nc3ccc(N(C)C(C)C)c(F)c3)CC2)cc1C. The molecule has 1 aliphatic heterocycles. The average molecular weight is 462 g/mol. The number of benzene rings is 2. The van der Waals surface area contributed by atoms with Crippen molar-refractivity contribution in [1.82, 2.24) is 4.31 Å². The van der Waals surface area contributed by atoms with Crippen molar-refractivity contribution in [2.75, 3.05) is 30.4 Å². The van der Waals surface area contributed by atoms with E-state index in [1.54, 1.807) is 24.3 Å². The van der Waals surface area contributed by atoms with E-state index in [1.807, 2.05) is 45.7 Å². The molecule has 1 heterocycles. The summed E-state index contributed by atoms with van der Waals surface area (Å²) < 4.78 is 41.9. The predicted octanol–water partition coefficient (Wildman–Crippen LogP) is 4.33. The molecule has 0 atom stereocenters. The zero-order valence-corrected chi connectivity index (χ0v) is 20.2. The maximum absolute atomic E-state index is 14.5. The Morgan fingerprint density at radius 1 is 1.09 bits per heavy atom. The van der Waals surface area contributed by atoms with E-state index in [1.165, 1.54) is 10.4 Å². The molecule has 174 valence electrons. The van der Waals surface area contributed by atoms with Crippen LogP contribution in [-0.2, 0) is 14.8 Å². The molecule has 2 aromatic carbocycles. The second-order valence-electron chi connectivity index (χ2n) is 8.78. The van der Waals surface area contributed by atoms with Crippen LogP contribution >= 0.6 is 0 Å². The van der Waals surface area contributed by atoms with Gasteiger partial charge in [-0.25, -0.2) is 12.8 Å². The maximum Gasteiger partial charge on any atom is 0.243 e. The largest absolute Gasteiger partial charge is 0.370 e. The van der Waals surface area contributed by atoms with Crippen molar-refractivity contribution in [2.45, 2.75) is 51.5 Å². The molecule has 1 fully saturated rings. The Balaban J connectivity index is 1.62. The van der Waals surface area contributed by atoms with E-state index in [0.717, 1.165) is 11.1 Å². The number of aryl methyl sites for hydroxylation is 2. The van der Waals surface area contributed by atoms with E-state index >= 15 is 0 Å². The highest BCUT2D eigenvalue weighted by atomic mass is 32.2. The number of carbonyl (C=O) groups is 1. The molecule has 0 radical (unpaired) electrons. The van der Waals surface area contributed by atoms with Gasteiger partial charge in [0.05, 0.1) is 10.6 Å². The van der Waals surface area contributed by atoms with Gasteiger partial charge in [0.1, 0.15) is 5.82 Å². The Kier molecular flexibility index (Phi) is 7.25. The zero-order chi connectivity index (χ0) is 23.6. The minimum atomic E-state index is -3.59. The van der Waals surface area contributed by atoms with E-state index in [2.05, 4.69) is 5.32 Å². The number of carbonyl (C=O) groups excluding carboxylic acids is 1. The molecule has 0 spiro atoms. The van der Waals surface area contributed by atoms with E-state index in [4.69, 9.17) is 0 Å². The fourth-order valence-electron chi connectivity index (χ4n) is 3.77. The second-order valence-corrected chi connectivity index (χ2v) is 10.7. The number of halogens is 1. The molecule has 32 heavy (non-hydrogen) atoms. The summed E-state index contributed by atoms with van der Waals surface area (Å²) in [4.78, 5) is 14.8. The summed E-state index contributed by atoms with van der Waals surface area (Å²) in [6, 6.07) is 9.95. The molecule has 3 rings (SSSR count). The topological polar surface area (TPSA) is 69.7 Å². The van der Waals surface area contributed by atoms with Gasteiger partial charge in [-0.15, -0.1) is 0 Å². The second kappa shape index (κ2) is 9.58. The van der Waals surface area contributed by atoms with Crippen molar-refractivity contribution < 1.29 is 17.6 Å². The number of nitrogens with one attached hydrogen (secondary N) is 1. The molecule has 1 amide bonds. The number of rotatable bonds is 6. The summed E-state index contributed by atoms with van der Waals surface area (Å²) in [6.07, 6.45) is 0.846. The standard InChI is InChI=1S/C24H32FN3O3S/c1-16(2)27(5)23-9-7-20(15-22(23)25)26-24(29)19-10-12-28(13-11-19)32(30,31)21-8-6-17(3)18(4)14-21/h6-9,14-16,19H,10-13H2,1-5H3,(H,26,29). The number of amides is 1. The zero-order valence-electron chi connectivity index (χ0n) is 19.4. The quantitative estimate of drug-likeness (QED) is 0.695. The fraction of sp³-hybridized carbons (Fsp3) is 0.458. The van der Waals surface area contributed by atoms with Gasteiger partial charge >= 0.3 is 0 Å². The molecular formula is C24H32FN3O3S. The lowest BCUT2D eigenvalue weighted by molar-refractivity contribution is -0.120. The lowest BCUT2D eigenvalue weighted by Crippen LogP contribution is -2.41. The third kappa shape index (κ3) is 5.13. The van der Waals surface area contributed by atoms with Crippen LogP contribution in [0.2, 0.25) is 0 Å². The first-order valence-electron chi connectivity index (χ1n) is 10.9. The van der Waals surface area contributed by atoms with Crippen molar-refractivity contribution >= 4 is 27.3 Å². The number of anilines is 2. The van der Waals surface area contributed by atoms with Crippen LogP contribution in [0.3, 0.4) is 0 Å². The monoisotopic (exact) mass is 461 g/mol. The summed E-state index contributed by atoms with van der Waals surface area (Å²) in [6.45, 7) is 8.34. The van der Waals surface area contributed by atoms with Crippen LogP contribution in [0.5, 0.6) is 0 Å². The van der Waals surface area contributed by atoms with Gasteiger partial charge in [-0.2, -0.15) is 4.31 Å². The van der Waals surface area contributed by atoms with Gasteiger partial charge in [0.25, 0.3) is 0 Å². The molecule has 0 bridgehead atoms. The Bertz CT molecular complexity index is 1090. The maximum atomic E-state index is 14.5. The van der Waals surface area contributed by atoms with Crippen molar-refractivity contribution in [3.63, 3.8) is 0 Å². The Morgan fingerprint density at radius 2 is 1.75 bits per heavy atom. The van der Waals surface area contributed by atoms with Crippen molar-refractivity contribution in [2.24, 2.45) is 5.92 Å². The van der Waals surface area contributed by atoms with E-state index in [-0.39, 0.29) is 35.9 Å². The van der Waals surface area contributed by atoms with E-state index in [0.29, 0.717) is 24.2 Å². The Hall–Kier alpha value is -2.45. The first-order chi connectivity index (χ1) is 15.0. The van der Waals surface area contributed by atoms with E-state index in [9.17, 15) is 17.6 Å². The summed E-state index contributed by atoms with van der Waals surface area (Å²) in [5.74, 6) is -0.923. The minimum Gasteiger partial charge on any atom is -0.370 e. The van der Waals surface area contributed by atoms with Gasteiger partial charge < -0.3 is 10.2 Å². The molecule has 2 aromatic rings. The number of hydrogen-bond acceptors (Lipinski definition) is 4. The van der Waals surface area contributed by atoms with Crippen LogP contribution in [-0.4, -0.2) is 44.8 Å². The average Bonchev–Trinajstić information content (AvgIpc) is 2.75. The first-order valence-corrected chi connectivity index (χ1v) is 12.4. The van der Waals surface area contributed by atoms with Crippen molar-refractivity contribution in [1.29, 1.82) is 0 Å². The van der Waals surface area contributed by atoms with Gasteiger partial charge in [-0.1, -0.05) is 6.07 Å². The molecule has 1 saturated heterocycles. The normalized spacial score (nSPS) is 15.7. The summed E-state index contributed by atoms with van der Waals surface area (Å²) in [5.41, 5.74) is 2.85. The van der Waals surface area contributed by atoms with Crippen molar-refractivity contribution in [3.05, 3.63) is 53.3 Å². The van der Waals surface area contributed by atoms with Crippen LogP contribution in [0.4, 0.5) is 15.8 Å². The Morgan fingerprint density at radius 3 is 2.31 bits per heavy atom. The van der Waals surface area contributed by atoms with Crippen LogP contribution < -0.4 is 10.2 Å². The number of sulfonamides is 1. The van der Waals surface area contributed by atoms with Gasteiger partial charge in [-0.05, 0) is 82.0 Å². The summed E-state index contributed by atoms with van der Waals surface area (Å²) in [7, 11) is -1.77. The highest BCUT2D eigenvalue weighted by molar-refractivity contribution is 7.89. The lowest BCUT2D eigenvalue weighted by Gasteiger charge is -2.30. The molecule has 1 aliphatic rings. The third-order valence-corrected chi connectivity index (χ3v) is 8.21.